The van der Waals surface area contributed by atoms with Gasteiger partial charge in [-0.3, -0.25) is 9.52 Å². The van der Waals surface area contributed by atoms with Crippen LogP contribution in [0.1, 0.15) is 55.0 Å². The minimum atomic E-state index is -3.02. The van der Waals surface area contributed by atoms with Crippen molar-refractivity contribution in [2.45, 2.75) is 44.4 Å². The first-order valence-corrected chi connectivity index (χ1v) is 16.9. The van der Waals surface area contributed by atoms with Crippen LogP contribution in [0.4, 0.5) is 14.5 Å². The van der Waals surface area contributed by atoms with Gasteiger partial charge in [-0.2, -0.15) is 0 Å². The number of nitrogens with zero attached hydrogens (tertiary/aromatic N) is 3. The molecule has 5 aromatic rings. The number of benzene rings is 4. The molecule has 0 spiro atoms. The van der Waals surface area contributed by atoms with Gasteiger partial charge in [0.15, 0.2) is 0 Å². The molecule has 1 fully saturated rings. The van der Waals surface area contributed by atoms with E-state index in [9.17, 15) is 22.0 Å². The van der Waals surface area contributed by atoms with Crippen molar-refractivity contribution in [3.05, 3.63) is 126 Å². The standard InChI is InChI=1S/C37H36F2N4O3S/c1-42(24-37(44)41-47(45)46)31-16-18-32(19-17-31)43-23-35(33-20-15-30(38)22-34(33)39)40-36(43)21-25-7-9-27(10-8-25)29-13-11-28(12-14-29)26-5-3-2-4-6-26/h7-20,22-23,26,47H,2-6,21,24H2,1H3,(H,41,44,45,46). The predicted octanol–water partition coefficient (Wildman–Crippen LogP) is 7.20. The minimum Gasteiger partial charge on any atom is -0.365 e. The number of rotatable bonds is 10. The number of hydrogen-bond acceptors (Lipinski definition) is 5. The van der Waals surface area contributed by atoms with Gasteiger partial charge in [0.05, 0.1) is 12.2 Å². The SMILES string of the molecule is CN(CC(=O)N[SH](=O)=O)c1ccc(-n2cc(-c3ccc(F)cc3F)nc2Cc2ccc(-c3ccc(C4CCCCC4)cc3)cc2)cc1. The highest BCUT2D eigenvalue weighted by atomic mass is 32.2. The minimum absolute atomic E-state index is 0.145. The maximum Gasteiger partial charge on any atom is 0.252 e. The maximum absolute atomic E-state index is 14.8. The van der Waals surface area contributed by atoms with Gasteiger partial charge >= 0.3 is 0 Å². The van der Waals surface area contributed by atoms with Crippen LogP contribution < -0.4 is 9.62 Å². The molecule has 0 aliphatic heterocycles. The third-order valence-electron chi connectivity index (χ3n) is 8.79. The van der Waals surface area contributed by atoms with E-state index in [0.29, 0.717) is 29.5 Å². The number of anilines is 1. The van der Waals surface area contributed by atoms with E-state index in [1.807, 2.05) is 21.4 Å². The van der Waals surface area contributed by atoms with Gasteiger partial charge < -0.3 is 9.47 Å². The molecule has 1 amide bonds. The highest BCUT2D eigenvalue weighted by Crippen LogP contribution is 2.34. The summed E-state index contributed by atoms with van der Waals surface area (Å²) in [5.41, 5.74) is 6.73. The molecule has 47 heavy (non-hydrogen) atoms. The average molecular weight is 655 g/mol. The lowest BCUT2D eigenvalue weighted by Gasteiger charge is -2.22. The van der Waals surface area contributed by atoms with E-state index in [-0.39, 0.29) is 12.1 Å². The maximum atomic E-state index is 14.8. The molecule has 0 radical (unpaired) electrons. The first-order valence-electron chi connectivity index (χ1n) is 15.7. The Balaban J connectivity index is 1.25. The summed E-state index contributed by atoms with van der Waals surface area (Å²) < 4.78 is 53.8. The number of imidazole rings is 1. The number of nitrogens with one attached hydrogen (secondary N) is 1. The molecule has 0 bridgehead atoms. The molecule has 6 rings (SSSR count). The van der Waals surface area contributed by atoms with Crippen molar-refractivity contribution >= 4 is 22.5 Å². The Morgan fingerprint density at radius 2 is 1.55 bits per heavy atom. The van der Waals surface area contributed by atoms with E-state index < -0.39 is 28.4 Å². The fourth-order valence-electron chi connectivity index (χ4n) is 6.29. The van der Waals surface area contributed by atoms with Crippen molar-refractivity contribution < 1.29 is 22.0 Å². The summed E-state index contributed by atoms with van der Waals surface area (Å²) in [6.45, 7) is -0.145. The molecule has 10 heteroatoms. The van der Waals surface area contributed by atoms with Crippen molar-refractivity contribution in [3.8, 4) is 28.1 Å². The molecule has 1 aliphatic rings. The zero-order valence-electron chi connectivity index (χ0n) is 26.0. The van der Waals surface area contributed by atoms with Crippen LogP contribution in [-0.2, 0) is 22.1 Å². The van der Waals surface area contributed by atoms with Gasteiger partial charge in [0.25, 0.3) is 5.91 Å². The van der Waals surface area contributed by atoms with Crippen LogP contribution in [0.3, 0.4) is 0 Å². The molecule has 242 valence electrons. The Labute approximate surface area is 275 Å². The number of thiol groups is 1. The smallest absolute Gasteiger partial charge is 0.252 e. The normalized spacial score (nSPS) is 13.5. The first-order chi connectivity index (χ1) is 22.7. The number of carbonyl (C=O) groups excluding carboxylic acids is 1. The summed E-state index contributed by atoms with van der Waals surface area (Å²) in [4.78, 5) is 18.3. The molecule has 1 aliphatic carbocycles. The van der Waals surface area contributed by atoms with Gasteiger partial charge in [-0.15, -0.1) is 0 Å². The van der Waals surface area contributed by atoms with E-state index >= 15 is 0 Å². The largest absolute Gasteiger partial charge is 0.365 e. The van der Waals surface area contributed by atoms with Crippen LogP contribution in [0.2, 0.25) is 0 Å². The number of likely N-dealkylation sites (N-methyl/N-ethyl adjacent to an activating group) is 1. The Morgan fingerprint density at radius 1 is 0.894 bits per heavy atom. The van der Waals surface area contributed by atoms with E-state index in [1.165, 1.54) is 49.8 Å². The first kappa shape index (κ1) is 32.1. The second-order valence-corrected chi connectivity index (χ2v) is 12.8. The third kappa shape index (κ3) is 7.77. The van der Waals surface area contributed by atoms with Crippen LogP contribution in [0.5, 0.6) is 0 Å². The Hall–Kier alpha value is -4.83. The Kier molecular flexibility index (Phi) is 9.77. The fourth-order valence-corrected chi connectivity index (χ4v) is 6.56. The number of halogens is 2. The van der Waals surface area contributed by atoms with Crippen LogP contribution in [0, 0.1) is 11.6 Å². The number of hydrogen-bond donors (Lipinski definition) is 2. The van der Waals surface area contributed by atoms with Gasteiger partial charge in [0.1, 0.15) is 17.5 Å². The topological polar surface area (TPSA) is 84.3 Å². The second kappa shape index (κ2) is 14.3. The average Bonchev–Trinajstić information content (AvgIpc) is 3.48. The lowest BCUT2D eigenvalue weighted by molar-refractivity contribution is -0.117. The molecule has 1 aromatic heterocycles. The van der Waals surface area contributed by atoms with Crippen molar-refractivity contribution in [1.82, 2.24) is 14.3 Å². The summed E-state index contributed by atoms with van der Waals surface area (Å²) in [6, 6.07) is 28.0. The monoisotopic (exact) mass is 654 g/mol. The molecule has 4 aromatic carbocycles. The van der Waals surface area contributed by atoms with E-state index in [2.05, 4.69) is 48.5 Å². The van der Waals surface area contributed by atoms with E-state index in [4.69, 9.17) is 4.98 Å². The lowest BCUT2D eigenvalue weighted by atomic mass is 9.83. The molecule has 1 heterocycles. The van der Waals surface area contributed by atoms with Crippen molar-refractivity contribution in [2.75, 3.05) is 18.5 Å². The zero-order chi connectivity index (χ0) is 32.9. The van der Waals surface area contributed by atoms with Gasteiger partial charge in [-0.25, -0.2) is 22.2 Å². The van der Waals surface area contributed by atoms with Gasteiger partial charge in [0.2, 0.25) is 10.9 Å². The van der Waals surface area contributed by atoms with Crippen LogP contribution in [-0.4, -0.2) is 37.5 Å². The summed E-state index contributed by atoms with van der Waals surface area (Å²) in [6.07, 6.45) is 8.69. The molecule has 1 saturated carbocycles. The predicted molar refractivity (Wildman–Crippen MR) is 181 cm³/mol. The third-order valence-corrected chi connectivity index (χ3v) is 9.22. The van der Waals surface area contributed by atoms with E-state index in [0.717, 1.165) is 28.4 Å². The summed E-state index contributed by atoms with van der Waals surface area (Å²) in [7, 11) is -1.34. The molecule has 0 atom stereocenters. The van der Waals surface area contributed by atoms with Crippen molar-refractivity contribution in [1.29, 1.82) is 0 Å². The molecule has 1 N–H and O–H groups in total. The molecule has 7 nitrogen and oxygen atoms in total. The van der Waals surface area contributed by atoms with Crippen LogP contribution in [0.25, 0.3) is 28.1 Å². The Morgan fingerprint density at radius 3 is 2.19 bits per heavy atom. The van der Waals surface area contributed by atoms with Crippen LogP contribution in [0.15, 0.2) is 97.2 Å². The van der Waals surface area contributed by atoms with E-state index in [1.54, 1.807) is 30.3 Å². The molecule has 0 saturated heterocycles. The number of amides is 1. The summed E-state index contributed by atoms with van der Waals surface area (Å²) in [5, 5.41) is 0. The summed E-state index contributed by atoms with van der Waals surface area (Å²) >= 11 is 0. The highest BCUT2D eigenvalue weighted by Gasteiger charge is 2.17. The van der Waals surface area contributed by atoms with Gasteiger partial charge in [-0.05, 0) is 77.4 Å². The fraction of sp³-hybridized carbons (Fsp3) is 0.243. The number of aromatic nitrogens is 2. The lowest BCUT2D eigenvalue weighted by Crippen LogP contribution is -2.34. The summed E-state index contributed by atoms with van der Waals surface area (Å²) in [5.74, 6) is -0.676. The second-order valence-electron chi connectivity index (χ2n) is 12.0. The van der Waals surface area contributed by atoms with Crippen molar-refractivity contribution in [3.63, 3.8) is 0 Å². The number of carbonyl (C=O) groups is 1. The zero-order valence-corrected chi connectivity index (χ0v) is 26.9. The van der Waals surface area contributed by atoms with Crippen LogP contribution >= 0.6 is 0 Å². The molecule has 0 unspecified atom stereocenters. The Bertz CT molecular complexity index is 1920. The quantitative estimate of drug-likeness (QED) is 0.156. The highest BCUT2D eigenvalue weighted by molar-refractivity contribution is 7.71. The van der Waals surface area contributed by atoms with Gasteiger partial charge in [-0.1, -0.05) is 67.8 Å². The molecular formula is C37H36F2N4O3S. The van der Waals surface area contributed by atoms with Crippen molar-refractivity contribution in [2.24, 2.45) is 0 Å². The van der Waals surface area contributed by atoms with Gasteiger partial charge in [0, 0.05) is 42.7 Å². The molecular weight excluding hydrogens is 618 g/mol.